The summed E-state index contributed by atoms with van der Waals surface area (Å²) in [6.07, 6.45) is -0.359. The molecule has 0 bridgehead atoms. The molecule has 1 rings (SSSR count). The predicted octanol–water partition coefficient (Wildman–Crippen LogP) is 3.90. The fourth-order valence-electron chi connectivity index (χ4n) is 1.63. The average molecular weight is 250 g/mol. The van der Waals surface area contributed by atoms with Crippen molar-refractivity contribution in [3.05, 3.63) is 35.4 Å². The molecule has 0 heterocycles. The van der Waals surface area contributed by atoms with Gasteiger partial charge in [-0.15, -0.1) is 0 Å². The highest BCUT2D eigenvalue weighted by molar-refractivity contribution is 5.26. The number of rotatable bonds is 6. The summed E-state index contributed by atoms with van der Waals surface area (Å²) in [4.78, 5) is 0. The average Bonchev–Trinajstić information content (AvgIpc) is 2.35. The van der Waals surface area contributed by atoms with Gasteiger partial charge in [-0.05, 0) is 29.9 Å². The highest BCUT2D eigenvalue weighted by atomic mass is 16.5. The molecule has 0 aliphatic carbocycles. The van der Waals surface area contributed by atoms with Crippen LogP contribution in [0.5, 0.6) is 0 Å². The van der Waals surface area contributed by atoms with Crippen LogP contribution in [0.3, 0.4) is 0 Å². The van der Waals surface area contributed by atoms with E-state index in [-0.39, 0.29) is 6.10 Å². The molecule has 0 spiro atoms. The maximum atomic E-state index is 10.1. The molecule has 2 nitrogen and oxygen atoms in total. The van der Waals surface area contributed by atoms with Crippen LogP contribution in [0.2, 0.25) is 0 Å². The molecule has 1 N–H and O–H groups in total. The van der Waals surface area contributed by atoms with E-state index in [1.54, 1.807) is 0 Å². The second-order valence-electron chi connectivity index (χ2n) is 5.62. The van der Waals surface area contributed by atoms with Crippen molar-refractivity contribution in [2.45, 2.75) is 52.7 Å². The first-order valence-electron chi connectivity index (χ1n) is 6.81. The largest absolute Gasteiger partial charge is 0.386 e. The molecule has 0 aliphatic rings. The normalized spacial score (nSPS) is 15.1. The van der Waals surface area contributed by atoms with Crippen molar-refractivity contribution in [3.8, 4) is 0 Å². The molecule has 0 saturated carbocycles. The lowest BCUT2D eigenvalue weighted by molar-refractivity contribution is -0.0206. The molecule has 102 valence electrons. The van der Waals surface area contributed by atoms with E-state index in [1.807, 2.05) is 19.1 Å². The second-order valence-corrected chi connectivity index (χ2v) is 5.62. The third-order valence-electron chi connectivity index (χ3n) is 3.44. The summed E-state index contributed by atoms with van der Waals surface area (Å²) in [6.45, 7) is 11.0. The molecule has 0 amide bonds. The number of hydrogen-bond donors (Lipinski definition) is 1. The van der Waals surface area contributed by atoms with Crippen LogP contribution in [0.4, 0.5) is 0 Å². The molecular formula is C16H26O2. The Balaban J connectivity index is 2.54. The Kier molecular flexibility index (Phi) is 5.83. The third-order valence-corrected chi connectivity index (χ3v) is 3.44. The van der Waals surface area contributed by atoms with Gasteiger partial charge in [0.2, 0.25) is 0 Å². The van der Waals surface area contributed by atoms with Crippen molar-refractivity contribution in [2.75, 3.05) is 6.61 Å². The molecule has 0 aliphatic heterocycles. The quantitative estimate of drug-likeness (QED) is 0.829. The van der Waals surface area contributed by atoms with Gasteiger partial charge in [-0.25, -0.2) is 0 Å². The van der Waals surface area contributed by atoms with Gasteiger partial charge in [0.1, 0.15) is 6.10 Å². The molecule has 0 saturated heterocycles. The Morgan fingerprint density at radius 3 is 1.89 bits per heavy atom. The van der Waals surface area contributed by atoms with Crippen LogP contribution in [-0.2, 0) is 4.74 Å². The summed E-state index contributed by atoms with van der Waals surface area (Å²) in [5.74, 6) is 0.994. The van der Waals surface area contributed by atoms with Crippen molar-refractivity contribution in [1.82, 2.24) is 0 Å². The molecular weight excluding hydrogens is 224 g/mol. The van der Waals surface area contributed by atoms with E-state index in [0.29, 0.717) is 18.4 Å². The molecule has 2 unspecified atom stereocenters. The van der Waals surface area contributed by atoms with Crippen LogP contribution in [0, 0.1) is 5.92 Å². The predicted molar refractivity (Wildman–Crippen MR) is 75.7 cm³/mol. The van der Waals surface area contributed by atoms with E-state index < -0.39 is 6.10 Å². The fraction of sp³-hybridized carbons (Fsp3) is 0.625. The van der Waals surface area contributed by atoms with Gasteiger partial charge in [-0.3, -0.25) is 0 Å². The van der Waals surface area contributed by atoms with E-state index in [9.17, 15) is 5.11 Å². The minimum Gasteiger partial charge on any atom is -0.386 e. The van der Waals surface area contributed by atoms with Crippen LogP contribution in [0.15, 0.2) is 24.3 Å². The van der Waals surface area contributed by atoms with E-state index >= 15 is 0 Å². The summed E-state index contributed by atoms with van der Waals surface area (Å²) in [7, 11) is 0. The van der Waals surface area contributed by atoms with Crippen molar-refractivity contribution in [2.24, 2.45) is 5.92 Å². The third kappa shape index (κ3) is 4.43. The Bertz CT molecular complexity index is 341. The van der Waals surface area contributed by atoms with Crippen LogP contribution in [-0.4, -0.2) is 17.8 Å². The number of aliphatic hydroxyl groups is 1. The second kappa shape index (κ2) is 6.91. The molecule has 1 aromatic rings. The smallest absolute Gasteiger partial charge is 0.102 e. The number of ether oxygens (including phenoxy) is 1. The zero-order valence-corrected chi connectivity index (χ0v) is 12.2. The van der Waals surface area contributed by atoms with Gasteiger partial charge >= 0.3 is 0 Å². The Hall–Kier alpha value is -0.860. The highest BCUT2D eigenvalue weighted by Gasteiger charge is 2.12. The minimum atomic E-state index is -0.535. The van der Waals surface area contributed by atoms with Gasteiger partial charge < -0.3 is 9.84 Å². The highest BCUT2D eigenvalue weighted by Crippen LogP contribution is 2.19. The lowest BCUT2D eigenvalue weighted by atomic mass is 10.0. The molecule has 0 radical (unpaired) electrons. The van der Waals surface area contributed by atoms with Gasteiger partial charge in [0, 0.05) is 0 Å². The molecule has 0 aromatic heterocycles. The fourth-order valence-corrected chi connectivity index (χ4v) is 1.63. The van der Waals surface area contributed by atoms with Crippen LogP contribution in [0.1, 0.15) is 57.8 Å². The standard InChI is InChI=1S/C16H26O2/c1-11(2)13(5)18-10-16(17)15-8-6-14(7-9-15)12(3)4/h6-9,11-13,16-17H,10H2,1-5H3. The monoisotopic (exact) mass is 250 g/mol. The Morgan fingerprint density at radius 1 is 0.944 bits per heavy atom. The zero-order valence-electron chi connectivity index (χ0n) is 12.2. The van der Waals surface area contributed by atoms with Crippen LogP contribution >= 0.6 is 0 Å². The SMILES string of the molecule is CC(C)c1ccc(C(O)COC(C)C(C)C)cc1. The van der Waals surface area contributed by atoms with Gasteiger partial charge in [-0.1, -0.05) is 52.0 Å². The summed E-state index contributed by atoms with van der Waals surface area (Å²) < 4.78 is 5.65. The molecule has 1 aromatic carbocycles. The van der Waals surface area contributed by atoms with Gasteiger partial charge in [-0.2, -0.15) is 0 Å². The summed E-state index contributed by atoms with van der Waals surface area (Å²) in [6, 6.07) is 8.14. The lowest BCUT2D eigenvalue weighted by Crippen LogP contribution is -2.19. The van der Waals surface area contributed by atoms with Gasteiger partial charge in [0.15, 0.2) is 0 Å². The Morgan fingerprint density at radius 2 is 1.44 bits per heavy atom. The first kappa shape index (κ1) is 15.2. The van der Waals surface area contributed by atoms with E-state index in [1.165, 1.54) is 5.56 Å². The van der Waals surface area contributed by atoms with Crippen molar-refractivity contribution >= 4 is 0 Å². The van der Waals surface area contributed by atoms with Crippen molar-refractivity contribution < 1.29 is 9.84 Å². The summed E-state index contributed by atoms with van der Waals surface area (Å²) in [5, 5.41) is 10.1. The maximum Gasteiger partial charge on any atom is 0.102 e. The molecule has 18 heavy (non-hydrogen) atoms. The van der Waals surface area contributed by atoms with Crippen molar-refractivity contribution in [3.63, 3.8) is 0 Å². The first-order chi connectivity index (χ1) is 8.41. The van der Waals surface area contributed by atoms with Crippen molar-refractivity contribution in [1.29, 1.82) is 0 Å². The lowest BCUT2D eigenvalue weighted by Gasteiger charge is -2.19. The number of hydrogen-bond acceptors (Lipinski definition) is 2. The van der Waals surface area contributed by atoms with Crippen LogP contribution in [0.25, 0.3) is 0 Å². The van der Waals surface area contributed by atoms with E-state index in [2.05, 4.69) is 39.8 Å². The van der Waals surface area contributed by atoms with E-state index in [0.717, 1.165) is 5.56 Å². The minimum absolute atomic E-state index is 0.176. The summed E-state index contributed by atoms with van der Waals surface area (Å²) >= 11 is 0. The zero-order chi connectivity index (χ0) is 13.7. The summed E-state index contributed by atoms with van der Waals surface area (Å²) in [5.41, 5.74) is 2.22. The number of benzene rings is 1. The Labute approximate surface area is 111 Å². The van der Waals surface area contributed by atoms with Gasteiger partial charge in [0.05, 0.1) is 12.7 Å². The topological polar surface area (TPSA) is 29.5 Å². The molecule has 0 fully saturated rings. The molecule has 2 atom stereocenters. The molecule has 2 heteroatoms. The maximum absolute atomic E-state index is 10.1. The van der Waals surface area contributed by atoms with Gasteiger partial charge in [0.25, 0.3) is 0 Å². The first-order valence-corrected chi connectivity index (χ1v) is 6.81. The van der Waals surface area contributed by atoms with E-state index in [4.69, 9.17) is 4.74 Å². The number of aliphatic hydroxyl groups excluding tert-OH is 1. The van der Waals surface area contributed by atoms with Crippen LogP contribution < -0.4 is 0 Å².